The van der Waals surface area contributed by atoms with Crippen molar-refractivity contribution in [2.24, 2.45) is 5.73 Å². The lowest BCUT2D eigenvalue weighted by atomic mass is 10.1. The van der Waals surface area contributed by atoms with Crippen molar-refractivity contribution in [3.8, 4) is 0 Å². The fourth-order valence-electron chi connectivity index (χ4n) is 1.96. The molecule has 0 heterocycles. The van der Waals surface area contributed by atoms with Crippen LogP contribution in [0.1, 0.15) is 0 Å². The monoisotopic (exact) mass is 3330 g/mol. The van der Waals surface area contributed by atoms with Crippen LogP contribution in [0.5, 0.6) is 0 Å². The Labute approximate surface area is 566 Å². The van der Waals surface area contributed by atoms with Crippen molar-refractivity contribution in [3.63, 3.8) is 0 Å². The van der Waals surface area contributed by atoms with E-state index in [0.717, 1.165) is 0 Å². The van der Waals surface area contributed by atoms with Gasteiger partial charge in [-0.15, -0.1) is 0 Å². The molecule has 0 spiro atoms. The van der Waals surface area contributed by atoms with Crippen molar-refractivity contribution in [1.29, 1.82) is 0 Å². The molecule has 0 aromatic carbocycles. The lowest BCUT2D eigenvalue weighted by molar-refractivity contribution is 0.629. The van der Waals surface area contributed by atoms with Gasteiger partial charge in [0.1, 0.15) is 15.3 Å². The van der Waals surface area contributed by atoms with Crippen LogP contribution in [-0.2, 0) is 0 Å². The molecule has 0 saturated heterocycles. The summed E-state index contributed by atoms with van der Waals surface area (Å²) in [7, 11) is 0. The molecule has 0 bridgehead atoms. The van der Waals surface area contributed by atoms with E-state index >= 15 is 0 Å². The molecule has 38 heavy (non-hydrogen) atoms. The predicted octanol–water partition coefficient (Wildman–Crippen LogP) is 19.1. The third kappa shape index (κ3) is 11.2. The Bertz CT molecular complexity index is 798. The van der Waals surface area contributed by atoms with Gasteiger partial charge in [-0.3, -0.25) is 0 Å². The van der Waals surface area contributed by atoms with E-state index in [4.69, 9.17) is 5.73 Å². The van der Waals surface area contributed by atoms with Crippen LogP contribution >= 0.6 is 565 Å². The largest absolute Gasteiger partial charge is 0.307 e. The summed E-state index contributed by atoms with van der Waals surface area (Å²) in [6.07, 6.45) is 0. The van der Waals surface area contributed by atoms with Crippen molar-refractivity contribution >= 4 is 565 Å². The van der Waals surface area contributed by atoms with Crippen LogP contribution in [-0.4, -0.2) is 15.3 Å². The molecule has 0 amide bonds. The first-order valence-corrected chi connectivity index (χ1v) is 34.7. The molecule has 0 saturated carbocycles. The molecule has 0 aliphatic rings. The number of alkyl halides is 25. The minimum Gasteiger partial charge on any atom is -0.307 e. The Balaban J connectivity index is 7.29. The highest BCUT2D eigenvalue weighted by atomic mass is 127. The zero-order chi connectivity index (χ0) is 32.0. The lowest BCUT2D eigenvalue weighted by Crippen LogP contribution is -2.71. The normalized spacial score (nSPS) is 17.2. The molecular formula is C12H2I25N. The van der Waals surface area contributed by atoms with Gasteiger partial charge in [0.15, 0.2) is 0 Å². The fourth-order valence-corrected chi connectivity index (χ4v) is 40.3. The second-order valence-corrected chi connectivity index (χ2v) is 76.4. The zero-order valence-corrected chi connectivity index (χ0v) is 70.0. The fraction of sp³-hybridized carbons (Fsp3) is 1.00. The molecule has 0 radical (unpaired) electrons. The highest BCUT2D eigenvalue weighted by Gasteiger charge is 2.80. The highest BCUT2D eigenvalue weighted by molar-refractivity contribution is 14.3. The summed E-state index contributed by atoms with van der Waals surface area (Å²) in [4.78, 5) is 0. The summed E-state index contributed by atoms with van der Waals surface area (Å²) in [6, 6.07) is 0. The zero-order valence-electron chi connectivity index (χ0n) is 16.0. The second kappa shape index (κ2) is 19.9. The second-order valence-electron chi connectivity index (χ2n) is 6.86. The first-order valence-electron chi connectivity index (χ1n) is 7.76. The molecule has 2 N–H and O–H groups in total. The van der Waals surface area contributed by atoms with Gasteiger partial charge < -0.3 is 5.73 Å². The van der Waals surface area contributed by atoms with Crippen molar-refractivity contribution < 1.29 is 0 Å². The van der Waals surface area contributed by atoms with Crippen molar-refractivity contribution in [3.05, 3.63) is 0 Å². The Morgan fingerprint density at radius 3 is 0.474 bits per heavy atom. The van der Waals surface area contributed by atoms with E-state index < -0.39 is 1.55 Å². The number of nitrogens with two attached hydrogens (primary N) is 1. The van der Waals surface area contributed by atoms with Crippen LogP contribution in [0.15, 0.2) is 0 Å². The highest BCUT2D eigenvalue weighted by Crippen LogP contribution is 2.82. The van der Waals surface area contributed by atoms with Gasteiger partial charge in [-0.25, -0.2) is 0 Å². The maximum atomic E-state index is 6.81. The number of rotatable bonds is 11. The van der Waals surface area contributed by atoms with Crippen LogP contribution in [0.4, 0.5) is 0 Å². The summed E-state index contributed by atoms with van der Waals surface area (Å²) < 4.78 is -2.07. The SMILES string of the molecule is NC(I)(I)C(I)(I)C(I)(I)C(I)(I)C(I)(I)C(I)(I)C(I)(I)C(I)(I)C(I)(I)C(I)(I)C(I)(I)C(I)(I)I. The van der Waals surface area contributed by atoms with E-state index in [1.165, 1.54) is 0 Å². The molecule has 0 fully saturated rings. The molecule has 0 rings (SSSR count). The van der Waals surface area contributed by atoms with Gasteiger partial charge in [0.05, 0.1) is 0 Å². The van der Waals surface area contributed by atoms with Gasteiger partial charge in [0.2, 0.25) is 0 Å². The molecule has 0 aromatic heterocycles. The van der Waals surface area contributed by atoms with Crippen LogP contribution in [0, 0.1) is 0 Å². The Kier molecular flexibility index (Phi) is 29.5. The maximum absolute atomic E-state index is 6.81. The summed E-state index contributed by atoms with van der Waals surface area (Å²) >= 11 is 67.3. The average Bonchev–Trinajstić information content (AvgIpc) is 2.64. The summed E-state index contributed by atoms with van der Waals surface area (Å²) in [5.41, 5.74) is 6.81. The smallest absolute Gasteiger partial charge is 0.149 e. The van der Waals surface area contributed by atoms with E-state index in [1.807, 2.05) is 0 Å². The topological polar surface area (TPSA) is 26.0 Å². The summed E-state index contributed by atoms with van der Waals surface area (Å²) in [5.74, 6) is 0. The molecule has 0 aliphatic carbocycles. The van der Waals surface area contributed by atoms with Crippen molar-refractivity contribution in [2.75, 3.05) is 0 Å². The van der Waals surface area contributed by atoms with Gasteiger partial charge in [0.25, 0.3) is 0 Å². The Hall–Kier alpha value is 18.2. The van der Waals surface area contributed by atoms with Crippen LogP contribution in [0.2, 0.25) is 0 Å². The van der Waals surface area contributed by atoms with Gasteiger partial charge in [-0.1, -0.05) is 520 Å². The number of halogens is 25. The quantitative estimate of drug-likeness (QED) is 0.125. The van der Waals surface area contributed by atoms with Crippen molar-refractivity contribution in [2.45, 2.75) is 15.3 Å². The summed E-state index contributed by atoms with van der Waals surface area (Å²) in [6.45, 7) is 0. The van der Waals surface area contributed by atoms with E-state index in [0.29, 0.717) is 0 Å². The van der Waals surface area contributed by atoms with E-state index in [2.05, 4.69) is 565 Å². The minimum absolute atomic E-state index is 0.0229. The van der Waals surface area contributed by atoms with E-state index in [1.54, 1.807) is 0 Å². The van der Waals surface area contributed by atoms with Crippen LogP contribution in [0.3, 0.4) is 0 Å². The van der Waals surface area contributed by atoms with Crippen LogP contribution in [0.25, 0.3) is 0 Å². The minimum atomic E-state index is -0.436. The van der Waals surface area contributed by atoms with E-state index in [-0.39, 0.29) is 13.7 Å². The predicted molar refractivity (Wildman–Crippen MR) is 387 cm³/mol. The molecule has 26 heteroatoms. The third-order valence-electron chi connectivity index (χ3n) is 4.32. The first kappa shape index (κ1) is 56.2. The molecular weight excluding hydrogens is 3330 g/mol. The average molecular weight is 3330 g/mol. The third-order valence-corrected chi connectivity index (χ3v) is 88.3. The van der Waals surface area contributed by atoms with Crippen LogP contribution < -0.4 is 5.73 Å². The number of hydrogen-bond donors (Lipinski definition) is 1. The lowest BCUT2D eigenvalue weighted by Gasteiger charge is -2.61. The Morgan fingerprint density at radius 2 is 0.342 bits per heavy atom. The molecule has 1 nitrogen and oxygen atoms in total. The Morgan fingerprint density at radius 1 is 0.211 bits per heavy atom. The van der Waals surface area contributed by atoms with Gasteiger partial charge in [0, 0.05) is 0 Å². The number of hydrogen-bond acceptors (Lipinski definition) is 1. The maximum Gasteiger partial charge on any atom is 0.149 e. The van der Waals surface area contributed by atoms with Crippen molar-refractivity contribution in [1.82, 2.24) is 0 Å². The van der Waals surface area contributed by atoms with E-state index in [9.17, 15) is 0 Å². The van der Waals surface area contributed by atoms with Gasteiger partial charge in [-0.2, -0.15) is 0 Å². The van der Waals surface area contributed by atoms with Gasteiger partial charge in [-0.05, 0) is 45.2 Å². The summed E-state index contributed by atoms with van der Waals surface area (Å²) in [5, 5.41) is 0. The molecule has 0 aromatic rings. The molecule has 230 valence electrons. The van der Waals surface area contributed by atoms with Gasteiger partial charge >= 0.3 is 0 Å². The molecule has 0 aliphatic heterocycles. The molecule has 0 atom stereocenters. The standard InChI is InChI=1S/C12H2I25N/c13-1(14,3(17,18)5(21,22)7(25,26)9(29,30)11(33,34)35)2(15,16)4(19,20)6(23,24)8(27,28)10(31,32)12(36,37)38/h38H2. The molecule has 0 unspecified atom stereocenters. The first-order chi connectivity index (χ1) is 15.8.